The van der Waals surface area contributed by atoms with Crippen LogP contribution >= 0.6 is 0 Å². The molecule has 1 saturated carbocycles. The van der Waals surface area contributed by atoms with Crippen molar-refractivity contribution < 1.29 is 5.11 Å². The number of hydrogen-bond acceptors (Lipinski definition) is 1. The molecule has 1 nitrogen and oxygen atoms in total. The predicted molar refractivity (Wildman–Crippen MR) is 48.7 cm³/mol. The molecular weight excluding hydrogens is 148 g/mol. The fourth-order valence-electron chi connectivity index (χ4n) is 1.88. The molecule has 0 spiro atoms. The Hall–Kier alpha value is -0.820. The molecule has 1 aromatic carbocycles. The van der Waals surface area contributed by atoms with Gasteiger partial charge in [0.1, 0.15) is 0 Å². The molecule has 12 heavy (non-hydrogen) atoms. The van der Waals surface area contributed by atoms with Crippen LogP contribution in [0.5, 0.6) is 0 Å². The first-order chi connectivity index (χ1) is 5.77. The van der Waals surface area contributed by atoms with Crippen molar-refractivity contribution in [3.63, 3.8) is 0 Å². The molecule has 0 bridgehead atoms. The molecule has 64 valence electrons. The van der Waals surface area contributed by atoms with Gasteiger partial charge in [-0.05, 0) is 17.9 Å². The third-order valence-corrected chi connectivity index (χ3v) is 2.84. The Morgan fingerprint density at radius 3 is 2.58 bits per heavy atom. The highest BCUT2D eigenvalue weighted by Crippen LogP contribution is 2.53. The Kier molecular flexibility index (Phi) is 1.69. The fraction of sp³-hybridized carbons (Fsp3) is 0.455. The van der Waals surface area contributed by atoms with Crippen LogP contribution in [0.3, 0.4) is 0 Å². The van der Waals surface area contributed by atoms with Crippen LogP contribution in [-0.2, 0) is 5.60 Å². The molecule has 0 aliphatic heterocycles. The Balaban J connectivity index is 2.23. The normalized spacial score (nSPS) is 33.3. The molecule has 1 aliphatic carbocycles. The maximum absolute atomic E-state index is 10.1. The lowest BCUT2D eigenvalue weighted by molar-refractivity contribution is 0.130. The molecule has 0 heterocycles. The Bertz CT molecular complexity index is 268. The summed E-state index contributed by atoms with van der Waals surface area (Å²) in [6, 6.07) is 9.97. The van der Waals surface area contributed by atoms with E-state index in [1.807, 2.05) is 30.3 Å². The second kappa shape index (κ2) is 2.60. The van der Waals surface area contributed by atoms with Gasteiger partial charge < -0.3 is 5.11 Å². The van der Waals surface area contributed by atoms with Crippen LogP contribution in [0.25, 0.3) is 0 Å². The van der Waals surface area contributed by atoms with Gasteiger partial charge in [-0.2, -0.15) is 0 Å². The molecule has 1 aliphatic rings. The lowest BCUT2D eigenvalue weighted by atomic mass is 10.1. The first-order valence-corrected chi connectivity index (χ1v) is 4.55. The van der Waals surface area contributed by atoms with Crippen molar-refractivity contribution in [3.05, 3.63) is 35.9 Å². The van der Waals surface area contributed by atoms with Gasteiger partial charge >= 0.3 is 0 Å². The molecule has 2 unspecified atom stereocenters. The molecule has 1 N–H and O–H groups in total. The van der Waals surface area contributed by atoms with Gasteiger partial charge in [-0.3, -0.25) is 0 Å². The summed E-state index contributed by atoms with van der Waals surface area (Å²) in [5, 5.41) is 10.1. The number of aliphatic hydroxyl groups is 1. The average Bonchev–Trinajstić information content (AvgIpc) is 2.81. The smallest absolute Gasteiger partial charge is 0.0929 e. The summed E-state index contributed by atoms with van der Waals surface area (Å²) < 4.78 is 0. The summed E-state index contributed by atoms with van der Waals surface area (Å²) in [5.41, 5.74) is 0.590. The fourth-order valence-corrected chi connectivity index (χ4v) is 1.88. The third kappa shape index (κ3) is 1.05. The summed E-state index contributed by atoms with van der Waals surface area (Å²) in [5.74, 6) is 0.486. The molecule has 1 aromatic rings. The standard InChI is InChI=1S/C11H14O/c1-2-9-8-11(9,12)10-6-4-3-5-7-10/h3-7,9,12H,2,8H2,1H3. The lowest BCUT2D eigenvalue weighted by Crippen LogP contribution is -2.07. The zero-order valence-corrected chi connectivity index (χ0v) is 7.33. The van der Waals surface area contributed by atoms with Crippen LogP contribution in [0.4, 0.5) is 0 Å². The van der Waals surface area contributed by atoms with Crippen molar-refractivity contribution in [1.29, 1.82) is 0 Å². The van der Waals surface area contributed by atoms with Crippen molar-refractivity contribution in [3.8, 4) is 0 Å². The number of benzene rings is 1. The topological polar surface area (TPSA) is 20.2 Å². The molecule has 1 fully saturated rings. The number of hydrogen-bond donors (Lipinski definition) is 1. The highest BCUT2D eigenvalue weighted by atomic mass is 16.3. The van der Waals surface area contributed by atoms with Crippen LogP contribution in [-0.4, -0.2) is 5.11 Å². The quantitative estimate of drug-likeness (QED) is 0.707. The highest BCUT2D eigenvalue weighted by molar-refractivity contribution is 5.29. The van der Waals surface area contributed by atoms with E-state index < -0.39 is 5.60 Å². The molecule has 0 radical (unpaired) electrons. The molecule has 2 atom stereocenters. The zero-order valence-electron chi connectivity index (χ0n) is 7.33. The molecule has 1 heteroatoms. The predicted octanol–water partition coefficient (Wildman–Crippen LogP) is 2.30. The SMILES string of the molecule is CCC1CC1(O)c1ccccc1. The van der Waals surface area contributed by atoms with E-state index in [1.54, 1.807) is 0 Å². The first kappa shape index (κ1) is 7.81. The second-order valence-electron chi connectivity index (χ2n) is 3.60. The van der Waals surface area contributed by atoms with Gasteiger partial charge in [0.25, 0.3) is 0 Å². The lowest BCUT2D eigenvalue weighted by Gasteiger charge is -2.09. The van der Waals surface area contributed by atoms with E-state index in [-0.39, 0.29) is 0 Å². The Morgan fingerprint density at radius 1 is 1.42 bits per heavy atom. The van der Waals surface area contributed by atoms with E-state index in [0.717, 1.165) is 18.4 Å². The van der Waals surface area contributed by atoms with Gasteiger partial charge in [-0.15, -0.1) is 0 Å². The van der Waals surface area contributed by atoms with E-state index in [4.69, 9.17) is 0 Å². The van der Waals surface area contributed by atoms with Gasteiger partial charge in [-0.1, -0.05) is 43.7 Å². The van der Waals surface area contributed by atoms with Gasteiger partial charge in [0.05, 0.1) is 5.60 Å². The minimum atomic E-state index is -0.490. The van der Waals surface area contributed by atoms with Crippen LogP contribution < -0.4 is 0 Å². The van der Waals surface area contributed by atoms with Crippen LogP contribution in [0.1, 0.15) is 25.3 Å². The Labute approximate surface area is 73.0 Å². The van der Waals surface area contributed by atoms with E-state index in [0.29, 0.717) is 5.92 Å². The minimum absolute atomic E-state index is 0.486. The summed E-state index contributed by atoms with van der Waals surface area (Å²) in [4.78, 5) is 0. The van der Waals surface area contributed by atoms with Crippen LogP contribution in [0, 0.1) is 5.92 Å². The van der Waals surface area contributed by atoms with Crippen molar-refractivity contribution in [2.45, 2.75) is 25.4 Å². The summed E-state index contributed by atoms with van der Waals surface area (Å²) in [6.07, 6.45) is 2.01. The average molecular weight is 162 g/mol. The third-order valence-electron chi connectivity index (χ3n) is 2.84. The van der Waals surface area contributed by atoms with Crippen molar-refractivity contribution in [1.82, 2.24) is 0 Å². The summed E-state index contributed by atoms with van der Waals surface area (Å²) >= 11 is 0. The van der Waals surface area contributed by atoms with Crippen molar-refractivity contribution in [2.75, 3.05) is 0 Å². The molecule has 2 rings (SSSR count). The van der Waals surface area contributed by atoms with E-state index in [2.05, 4.69) is 6.92 Å². The van der Waals surface area contributed by atoms with Gasteiger partial charge in [0, 0.05) is 0 Å². The molecule has 0 saturated heterocycles. The van der Waals surface area contributed by atoms with E-state index >= 15 is 0 Å². The van der Waals surface area contributed by atoms with Gasteiger partial charge in [-0.25, -0.2) is 0 Å². The van der Waals surface area contributed by atoms with Crippen molar-refractivity contribution in [2.24, 2.45) is 5.92 Å². The largest absolute Gasteiger partial charge is 0.385 e. The Morgan fingerprint density at radius 2 is 2.08 bits per heavy atom. The van der Waals surface area contributed by atoms with Crippen LogP contribution in [0.2, 0.25) is 0 Å². The zero-order chi connectivity index (χ0) is 8.60. The monoisotopic (exact) mass is 162 g/mol. The number of rotatable bonds is 2. The van der Waals surface area contributed by atoms with Gasteiger partial charge in [0.15, 0.2) is 0 Å². The molecular formula is C11H14O. The second-order valence-corrected chi connectivity index (χ2v) is 3.60. The minimum Gasteiger partial charge on any atom is -0.385 e. The highest BCUT2D eigenvalue weighted by Gasteiger charge is 2.52. The summed E-state index contributed by atoms with van der Waals surface area (Å²) in [6.45, 7) is 2.13. The maximum Gasteiger partial charge on any atom is 0.0929 e. The van der Waals surface area contributed by atoms with Gasteiger partial charge in [0.2, 0.25) is 0 Å². The maximum atomic E-state index is 10.1. The summed E-state index contributed by atoms with van der Waals surface area (Å²) in [7, 11) is 0. The van der Waals surface area contributed by atoms with Crippen LogP contribution in [0.15, 0.2) is 30.3 Å². The molecule has 0 amide bonds. The molecule has 0 aromatic heterocycles. The first-order valence-electron chi connectivity index (χ1n) is 4.55. The van der Waals surface area contributed by atoms with E-state index in [9.17, 15) is 5.11 Å². The van der Waals surface area contributed by atoms with E-state index in [1.165, 1.54) is 0 Å². The van der Waals surface area contributed by atoms with Crippen molar-refractivity contribution >= 4 is 0 Å².